The van der Waals surface area contributed by atoms with Crippen molar-refractivity contribution in [1.82, 2.24) is 0 Å². The molecule has 0 saturated heterocycles. The number of para-hydroxylation sites is 1. The maximum atomic E-state index is 11.8. The summed E-state index contributed by atoms with van der Waals surface area (Å²) >= 11 is 1.35. The molecule has 1 heterocycles. The summed E-state index contributed by atoms with van der Waals surface area (Å²) in [4.78, 5) is 24.9. The fourth-order valence-electron chi connectivity index (χ4n) is 1.66. The Bertz CT molecular complexity index is 730. The second-order valence-electron chi connectivity index (χ2n) is 4.39. The highest BCUT2D eigenvalue weighted by Crippen LogP contribution is 2.17. The normalized spacial score (nSPS) is 9.82. The third kappa shape index (κ3) is 4.17. The van der Waals surface area contributed by atoms with Crippen LogP contribution in [-0.2, 0) is 9.53 Å². The van der Waals surface area contributed by atoms with Crippen LogP contribution in [0.25, 0.3) is 0 Å². The maximum Gasteiger partial charge on any atom is 0.344 e. The number of hydrogen-bond acceptors (Lipinski definition) is 6. The van der Waals surface area contributed by atoms with Gasteiger partial charge in [-0.1, -0.05) is 12.1 Å². The summed E-state index contributed by atoms with van der Waals surface area (Å²) in [6.45, 7) is 1.23. The first kappa shape index (κ1) is 15.7. The molecule has 2 rings (SSSR count). The standard InChI is InChI=1S/C16H13NO4S/c1-11-6-7-15(22-11)13(18)9-21-16(19)10-20-14-5-3-2-4-12(14)8-17/h2-7H,9-10H2,1H3. The van der Waals surface area contributed by atoms with Crippen molar-refractivity contribution < 1.29 is 19.1 Å². The molecule has 0 aliphatic heterocycles. The van der Waals surface area contributed by atoms with E-state index in [2.05, 4.69) is 0 Å². The number of hydrogen-bond donors (Lipinski definition) is 0. The number of benzene rings is 1. The van der Waals surface area contributed by atoms with Crippen molar-refractivity contribution in [2.75, 3.05) is 13.2 Å². The number of aryl methyl sites for hydroxylation is 1. The third-order valence-electron chi connectivity index (χ3n) is 2.73. The molecule has 0 spiro atoms. The molecular formula is C16H13NO4S. The first-order valence-electron chi connectivity index (χ1n) is 6.47. The minimum Gasteiger partial charge on any atom is -0.481 e. The number of esters is 1. The number of carbonyl (C=O) groups is 2. The topological polar surface area (TPSA) is 76.4 Å². The van der Waals surface area contributed by atoms with Crippen LogP contribution in [0.2, 0.25) is 0 Å². The van der Waals surface area contributed by atoms with Gasteiger partial charge in [-0.15, -0.1) is 11.3 Å². The van der Waals surface area contributed by atoms with Gasteiger partial charge in [-0.3, -0.25) is 4.79 Å². The van der Waals surface area contributed by atoms with Gasteiger partial charge in [0.15, 0.2) is 13.2 Å². The van der Waals surface area contributed by atoms with Crippen molar-refractivity contribution in [3.63, 3.8) is 0 Å². The lowest BCUT2D eigenvalue weighted by Gasteiger charge is -2.07. The maximum absolute atomic E-state index is 11.8. The molecule has 2 aromatic rings. The molecule has 0 amide bonds. The Kier molecular flexibility index (Phi) is 5.28. The molecule has 0 atom stereocenters. The fraction of sp³-hybridized carbons (Fsp3) is 0.188. The summed E-state index contributed by atoms with van der Waals surface area (Å²) in [5, 5.41) is 8.90. The monoisotopic (exact) mass is 315 g/mol. The number of carbonyl (C=O) groups excluding carboxylic acids is 2. The lowest BCUT2D eigenvalue weighted by Crippen LogP contribution is -2.19. The molecule has 0 unspecified atom stereocenters. The van der Waals surface area contributed by atoms with Gasteiger partial charge in [0.25, 0.3) is 0 Å². The van der Waals surface area contributed by atoms with Gasteiger partial charge in [0, 0.05) is 4.88 Å². The van der Waals surface area contributed by atoms with E-state index in [9.17, 15) is 9.59 Å². The molecule has 112 valence electrons. The van der Waals surface area contributed by atoms with Crippen LogP contribution in [0.4, 0.5) is 0 Å². The van der Waals surface area contributed by atoms with Crippen molar-refractivity contribution in [2.24, 2.45) is 0 Å². The van der Waals surface area contributed by atoms with Gasteiger partial charge in [-0.25, -0.2) is 4.79 Å². The van der Waals surface area contributed by atoms with Gasteiger partial charge in [-0.05, 0) is 31.2 Å². The van der Waals surface area contributed by atoms with Crippen LogP contribution in [-0.4, -0.2) is 25.0 Å². The molecule has 0 radical (unpaired) electrons. The molecule has 1 aromatic carbocycles. The van der Waals surface area contributed by atoms with Gasteiger partial charge >= 0.3 is 5.97 Å². The van der Waals surface area contributed by atoms with Crippen LogP contribution in [0, 0.1) is 18.3 Å². The molecular weight excluding hydrogens is 302 g/mol. The molecule has 5 nitrogen and oxygen atoms in total. The number of ketones is 1. The molecule has 6 heteroatoms. The summed E-state index contributed by atoms with van der Waals surface area (Å²) in [5.74, 6) is -0.597. The predicted molar refractivity (Wildman–Crippen MR) is 81.0 cm³/mol. The molecule has 0 N–H and O–H groups in total. The minimum absolute atomic E-state index is 0.246. The lowest BCUT2D eigenvalue weighted by atomic mass is 10.2. The van der Waals surface area contributed by atoms with Gasteiger partial charge in [0.2, 0.25) is 5.78 Å². The van der Waals surface area contributed by atoms with E-state index in [0.29, 0.717) is 16.2 Å². The highest BCUT2D eigenvalue weighted by Gasteiger charge is 2.12. The molecule has 0 bridgehead atoms. The Labute approximate surface area is 131 Å². The van der Waals surface area contributed by atoms with Crippen LogP contribution in [0.5, 0.6) is 5.75 Å². The number of rotatable bonds is 6. The smallest absolute Gasteiger partial charge is 0.344 e. The molecule has 0 saturated carbocycles. The summed E-state index contributed by atoms with van der Waals surface area (Å²) in [5.41, 5.74) is 0.334. The van der Waals surface area contributed by atoms with Crippen LogP contribution in [0.3, 0.4) is 0 Å². The lowest BCUT2D eigenvalue weighted by molar-refractivity contribution is -0.144. The number of thiophene rings is 1. The zero-order valence-corrected chi connectivity index (χ0v) is 12.7. The second-order valence-corrected chi connectivity index (χ2v) is 5.68. The number of nitriles is 1. The quantitative estimate of drug-likeness (QED) is 0.605. The number of nitrogens with zero attached hydrogens (tertiary/aromatic N) is 1. The summed E-state index contributed by atoms with van der Waals surface area (Å²) in [6.07, 6.45) is 0. The van der Waals surface area contributed by atoms with Crippen LogP contribution >= 0.6 is 11.3 Å². The van der Waals surface area contributed by atoms with Gasteiger partial charge < -0.3 is 9.47 Å². The van der Waals surface area contributed by atoms with E-state index in [-0.39, 0.29) is 19.0 Å². The van der Waals surface area contributed by atoms with Crippen LogP contribution in [0.15, 0.2) is 36.4 Å². The highest BCUT2D eigenvalue weighted by molar-refractivity contribution is 7.14. The largest absolute Gasteiger partial charge is 0.481 e. The van der Waals surface area contributed by atoms with E-state index in [1.807, 2.05) is 19.1 Å². The first-order valence-corrected chi connectivity index (χ1v) is 7.29. The fourth-order valence-corrected chi connectivity index (χ4v) is 2.46. The van der Waals surface area contributed by atoms with Crippen molar-refractivity contribution in [3.8, 4) is 11.8 Å². The molecule has 0 aliphatic rings. The molecule has 22 heavy (non-hydrogen) atoms. The SMILES string of the molecule is Cc1ccc(C(=O)COC(=O)COc2ccccc2C#N)s1. The molecule has 0 fully saturated rings. The van der Waals surface area contributed by atoms with Crippen molar-refractivity contribution >= 4 is 23.1 Å². The minimum atomic E-state index is -0.658. The number of ether oxygens (including phenoxy) is 2. The van der Waals surface area contributed by atoms with E-state index in [1.54, 1.807) is 30.3 Å². The van der Waals surface area contributed by atoms with Crippen LogP contribution in [0.1, 0.15) is 20.1 Å². The Hall–Kier alpha value is -2.65. The molecule has 1 aromatic heterocycles. The molecule has 0 aliphatic carbocycles. The average molecular weight is 315 g/mol. The van der Waals surface area contributed by atoms with Crippen molar-refractivity contribution in [2.45, 2.75) is 6.92 Å². The van der Waals surface area contributed by atoms with Gasteiger partial charge in [0.1, 0.15) is 11.8 Å². The predicted octanol–water partition coefficient (Wildman–Crippen LogP) is 2.73. The summed E-state index contributed by atoms with van der Waals surface area (Å²) in [6, 6.07) is 12.1. The zero-order chi connectivity index (χ0) is 15.9. The van der Waals surface area contributed by atoms with E-state index in [0.717, 1.165) is 4.88 Å². The Balaban J connectivity index is 1.81. The summed E-state index contributed by atoms with van der Waals surface area (Å²) in [7, 11) is 0. The van der Waals surface area contributed by atoms with E-state index in [1.165, 1.54) is 11.3 Å². The van der Waals surface area contributed by atoms with Gasteiger partial charge in [0.05, 0.1) is 10.4 Å². The zero-order valence-electron chi connectivity index (χ0n) is 11.9. The van der Waals surface area contributed by atoms with Crippen molar-refractivity contribution in [3.05, 3.63) is 51.7 Å². The number of Topliss-reactive ketones (excluding diaryl/α,β-unsaturated/α-hetero) is 1. The Morgan fingerprint density at radius 1 is 1.18 bits per heavy atom. The third-order valence-corrected chi connectivity index (χ3v) is 3.77. The van der Waals surface area contributed by atoms with Crippen molar-refractivity contribution in [1.29, 1.82) is 5.26 Å². The summed E-state index contributed by atoms with van der Waals surface area (Å²) < 4.78 is 10.1. The van der Waals surface area contributed by atoms with Crippen LogP contribution < -0.4 is 4.74 Å². The van der Waals surface area contributed by atoms with Gasteiger partial charge in [-0.2, -0.15) is 5.26 Å². The average Bonchev–Trinajstić information content (AvgIpc) is 2.97. The highest BCUT2D eigenvalue weighted by atomic mass is 32.1. The van der Waals surface area contributed by atoms with E-state index >= 15 is 0 Å². The Morgan fingerprint density at radius 2 is 1.95 bits per heavy atom. The Morgan fingerprint density at radius 3 is 2.64 bits per heavy atom. The second kappa shape index (κ2) is 7.38. The first-order chi connectivity index (χ1) is 10.6. The van der Waals surface area contributed by atoms with E-state index < -0.39 is 5.97 Å². The van der Waals surface area contributed by atoms with E-state index in [4.69, 9.17) is 14.7 Å².